The minimum Gasteiger partial charge on any atom is -0.327 e. The summed E-state index contributed by atoms with van der Waals surface area (Å²) in [6, 6.07) is -0.369. The van der Waals surface area contributed by atoms with Crippen molar-refractivity contribution in [2.24, 2.45) is 16.0 Å². The second kappa shape index (κ2) is 5.71. The molecule has 0 radical (unpaired) electrons. The highest BCUT2D eigenvalue weighted by atomic mass is 15.2. The Kier molecular flexibility index (Phi) is 4.90. The molecule has 0 amide bonds. The van der Waals surface area contributed by atoms with Gasteiger partial charge in [0.15, 0.2) is 0 Å². The van der Waals surface area contributed by atoms with Crippen molar-refractivity contribution in [3.8, 4) is 0 Å². The fraction of sp³-hybridized carbons (Fsp3) is 1.00. The zero-order valence-corrected chi connectivity index (χ0v) is 5.25. The lowest BCUT2D eigenvalue weighted by Crippen LogP contribution is -2.26. The van der Waals surface area contributed by atoms with Crippen molar-refractivity contribution in [1.82, 2.24) is 0 Å². The summed E-state index contributed by atoms with van der Waals surface area (Å²) in [6.07, 6.45) is 0. The Morgan fingerprint density at radius 3 is 1.90 bits per heavy atom. The molecule has 7 nitrogen and oxygen atoms in total. The predicted molar refractivity (Wildman–Crippen MR) is 36.0 cm³/mol. The van der Waals surface area contributed by atoms with Crippen LogP contribution < -0.4 is 5.73 Å². The summed E-state index contributed by atoms with van der Waals surface area (Å²) in [4.78, 5) is 4.99. The van der Waals surface area contributed by atoms with E-state index in [0.717, 1.165) is 0 Å². The summed E-state index contributed by atoms with van der Waals surface area (Å²) in [7, 11) is 0. The van der Waals surface area contributed by atoms with Crippen LogP contribution in [-0.4, -0.2) is 19.1 Å². The topological polar surface area (TPSA) is 124 Å². The van der Waals surface area contributed by atoms with Crippen LogP contribution in [-0.2, 0) is 0 Å². The smallest absolute Gasteiger partial charge is 0.0411 e. The maximum Gasteiger partial charge on any atom is 0.0411 e. The molecule has 0 aromatic heterocycles. The van der Waals surface area contributed by atoms with Crippen molar-refractivity contribution in [3.63, 3.8) is 0 Å². The van der Waals surface area contributed by atoms with Gasteiger partial charge in [0.25, 0.3) is 0 Å². The molecule has 0 heterocycles. The summed E-state index contributed by atoms with van der Waals surface area (Å²) in [5, 5.41) is 6.39. The number of hydrogen-bond donors (Lipinski definition) is 1. The molecule has 0 aliphatic rings. The third kappa shape index (κ3) is 4.73. The molecule has 0 rings (SSSR count). The summed E-state index contributed by atoms with van der Waals surface area (Å²) in [5.74, 6) is 0. The van der Waals surface area contributed by atoms with Crippen molar-refractivity contribution in [2.75, 3.05) is 13.1 Å². The van der Waals surface area contributed by atoms with Crippen LogP contribution >= 0.6 is 0 Å². The molecule has 0 aromatic carbocycles. The van der Waals surface area contributed by atoms with Gasteiger partial charge in [-0.15, -0.1) is 0 Å². The second-order valence-corrected chi connectivity index (χ2v) is 1.59. The van der Waals surface area contributed by atoms with Gasteiger partial charge in [0.05, 0.1) is 0 Å². The molecule has 0 saturated carbocycles. The van der Waals surface area contributed by atoms with Gasteiger partial charge in [-0.05, 0) is 11.1 Å². The first kappa shape index (κ1) is 8.58. The second-order valence-electron chi connectivity index (χ2n) is 1.59. The monoisotopic (exact) mass is 141 g/mol. The number of hydrogen-bond acceptors (Lipinski definition) is 3. The van der Waals surface area contributed by atoms with E-state index >= 15 is 0 Å². The van der Waals surface area contributed by atoms with Gasteiger partial charge in [0, 0.05) is 29.0 Å². The maximum atomic E-state index is 7.84. The molecule has 10 heavy (non-hydrogen) atoms. The Bertz CT molecular complexity index is 153. The Morgan fingerprint density at radius 2 is 1.60 bits per heavy atom. The third-order valence-electron chi connectivity index (χ3n) is 0.759. The third-order valence-corrected chi connectivity index (χ3v) is 0.759. The molecular formula is C3H7N7. The number of nitrogens with two attached hydrogens (primary N) is 1. The molecule has 0 saturated heterocycles. The van der Waals surface area contributed by atoms with E-state index in [1.807, 2.05) is 0 Å². The maximum absolute atomic E-state index is 7.84. The number of azide groups is 2. The van der Waals surface area contributed by atoms with Gasteiger partial charge in [-0.2, -0.15) is 0 Å². The molecule has 0 unspecified atom stereocenters. The van der Waals surface area contributed by atoms with E-state index in [2.05, 4.69) is 20.1 Å². The molecule has 0 bridgehead atoms. The van der Waals surface area contributed by atoms with Crippen LogP contribution in [0.4, 0.5) is 0 Å². The fourth-order valence-electron chi connectivity index (χ4n) is 0.341. The average molecular weight is 141 g/mol. The molecule has 7 heteroatoms. The van der Waals surface area contributed by atoms with Gasteiger partial charge in [0.2, 0.25) is 0 Å². The molecular weight excluding hydrogens is 134 g/mol. The Morgan fingerprint density at radius 1 is 1.20 bits per heavy atom. The quantitative estimate of drug-likeness (QED) is 0.349. The Labute approximate surface area is 57.1 Å². The first-order valence-corrected chi connectivity index (χ1v) is 2.58. The largest absolute Gasteiger partial charge is 0.327 e. The Hall–Kier alpha value is -1.42. The fourth-order valence-corrected chi connectivity index (χ4v) is 0.341. The first-order chi connectivity index (χ1) is 4.81. The zero-order valence-electron chi connectivity index (χ0n) is 5.25. The highest BCUT2D eigenvalue weighted by Gasteiger charge is 1.95. The van der Waals surface area contributed by atoms with Crippen LogP contribution in [0.15, 0.2) is 10.2 Å². The molecule has 0 aliphatic heterocycles. The standard InChI is InChI=1S/C3H7N7/c4-3(1-7-9-5)2-8-10-6/h3H,1-2,4H2. The molecule has 0 aromatic rings. The summed E-state index contributed by atoms with van der Waals surface area (Å²) < 4.78 is 0. The van der Waals surface area contributed by atoms with Gasteiger partial charge in [-0.1, -0.05) is 10.2 Å². The van der Waals surface area contributed by atoms with E-state index in [1.54, 1.807) is 0 Å². The number of nitrogens with zero attached hydrogens (tertiary/aromatic N) is 6. The van der Waals surface area contributed by atoms with Gasteiger partial charge < -0.3 is 5.73 Å². The van der Waals surface area contributed by atoms with E-state index < -0.39 is 0 Å². The molecule has 0 fully saturated rings. The predicted octanol–water partition coefficient (Wildman–Crippen LogP) is 0.934. The van der Waals surface area contributed by atoms with Gasteiger partial charge in [-0.3, -0.25) is 0 Å². The van der Waals surface area contributed by atoms with E-state index in [9.17, 15) is 0 Å². The van der Waals surface area contributed by atoms with Crippen molar-refractivity contribution >= 4 is 0 Å². The highest BCUT2D eigenvalue weighted by molar-refractivity contribution is 4.67. The molecule has 2 N–H and O–H groups in total. The minimum atomic E-state index is -0.369. The van der Waals surface area contributed by atoms with Crippen LogP contribution in [0.1, 0.15) is 0 Å². The Balaban J connectivity index is 3.52. The average Bonchev–Trinajstić information content (AvgIpc) is 1.97. The molecule has 0 spiro atoms. The van der Waals surface area contributed by atoms with Crippen molar-refractivity contribution in [2.45, 2.75) is 6.04 Å². The molecule has 54 valence electrons. The summed E-state index contributed by atoms with van der Waals surface area (Å²) in [6.45, 7) is 0.324. The normalized spacial score (nSPS) is 10.9. The van der Waals surface area contributed by atoms with E-state index in [0.29, 0.717) is 0 Å². The van der Waals surface area contributed by atoms with Crippen molar-refractivity contribution < 1.29 is 0 Å². The van der Waals surface area contributed by atoms with E-state index in [1.165, 1.54) is 0 Å². The van der Waals surface area contributed by atoms with Gasteiger partial charge in [0.1, 0.15) is 0 Å². The lowest BCUT2D eigenvalue weighted by atomic mass is 10.3. The van der Waals surface area contributed by atoms with Crippen LogP contribution in [0.25, 0.3) is 20.9 Å². The highest BCUT2D eigenvalue weighted by Crippen LogP contribution is 1.82. The lowest BCUT2D eigenvalue weighted by molar-refractivity contribution is 0.687. The van der Waals surface area contributed by atoms with Crippen molar-refractivity contribution in [3.05, 3.63) is 20.9 Å². The van der Waals surface area contributed by atoms with Crippen LogP contribution in [0.2, 0.25) is 0 Å². The lowest BCUT2D eigenvalue weighted by Gasteiger charge is -1.99. The SMILES string of the molecule is [N-]=[N+]=NCC(N)CN=[N+]=[N-]. The van der Waals surface area contributed by atoms with Crippen LogP contribution in [0.5, 0.6) is 0 Å². The minimum absolute atomic E-state index is 0.162. The zero-order chi connectivity index (χ0) is 7.82. The van der Waals surface area contributed by atoms with Crippen LogP contribution in [0.3, 0.4) is 0 Å². The molecule has 0 aliphatic carbocycles. The van der Waals surface area contributed by atoms with Crippen molar-refractivity contribution in [1.29, 1.82) is 0 Å². The summed E-state index contributed by atoms with van der Waals surface area (Å²) >= 11 is 0. The van der Waals surface area contributed by atoms with E-state index in [-0.39, 0.29) is 19.1 Å². The number of rotatable bonds is 4. The first-order valence-electron chi connectivity index (χ1n) is 2.58. The van der Waals surface area contributed by atoms with Gasteiger partial charge in [-0.25, -0.2) is 0 Å². The van der Waals surface area contributed by atoms with E-state index in [4.69, 9.17) is 16.8 Å². The molecule has 0 atom stereocenters. The summed E-state index contributed by atoms with van der Waals surface area (Å²) in [5.41, 5.74) is 21.0. The van der Waals surface area contributed by atoms with Crippen LogP contribution in [0, 0.1) is 0 Å². The van der Waals surface area contributed by atoms with Gasteiger partial charge >= 0.3 is 0 Å².